The fourth-order valence-electron chi connectivity index (χ4n) is 2.53. The first-order valence-electron chi connectivity index (χ1n) is 7.31. The summed E-state index contributed by atoms with van der Waals surface area (Å²) < 4.78 is 12.0. The summed E-state index contributed by atoms with van der Waals surface area (Å²) in [5, 5.41) is 19.9. The second-order valence-corrected chi connectivity index (χ2v) is 5.51. The number of carbonyl (C=O) groups is 1. The maximum absolute atomic E-state index is 12.2. The van der Waals surface area contributed by atoms with E-state index < -0.39 is 0 Å². The molecular formula is C15H18N4O4. The standard InChI is InChI=1S/C15H18N4O4/c1-9(2)15-11(7-20)17-18-19(15)6-14(21)16-10-3-4-12-13(5-10)23-8-22-12/h3-5,9,20H,6-8H2,1-2H3,(H,16,21). The van der Waals surface area contributed by atoms with Crippen molar-refractivity contribution < 1.29 is 19.4 Å². The van der Waals surface area contributed by atoms with Crippen molar-refractivity contribution in [2.45, 2.75) is 32.9 Å². The molecule has 0 aliphatic carbocycles. The molecule has 23 heavy (non-hydrogen) atoms. The van der Waals surface area contributed by atoms with Gasteiger partial charge in [0.1, 0.15) is 12.2 Å². The van der Waals surface area contributed by atoms with E-state index in [-0.39, 0.29) is 31.8 Å². The van der Waals surface area contributed by atoms with Crippen LogP contribution < -0.4 is 14.8 Å². The number of aliphatic hydroxyl groups excluding tert-OH is 1. The van der Waals surface area contributed by atoms with E-state index in [2.05, 4.69) is 15.6 Å². The summed E-state index contributed by atoms with van der Waals surface area (Å²) in [6.07, 6.45) is 0. The Morgan fingerprint density at radius 2 is 2.17 bits per heavy atom. The van der Waals surface area contributed by atoms with Gasteiger partial charge in [-0.25, -0.2) is 4.68 Å². The molecule has 1 aliphatic rings. The molecule has 8 nitrogen and oxygen atoms in total. The second-order valence-electron chi connectivity index (χ2n) is 5.51. The van der Waals surface area contributed by atoms with Crippen LogP contribution in [0.5, 0.6) is 11.5 Å². The zero-order valence-electron chi connectivity index (χ0n) is 12.9. The van der Waals surface area contributed by atoms with Gasteiger partial charge in [-0.1, -0.05) is 19.1 Å². The lowest BCUT2D eigenvalue weighted by Gasteiger charge is -2.11. The third-order valence-electron chi connectivity index (χ3n) is 3.49. The summed E-state index contributed by atoms with van der Waals surface area (Å²) in [5.74, 6) is 1.13. The number of aliphatic hydroxyl groups is 1. The Bertz CT molecular complexity index is 726. The van der Waals surface area contributed by atoms with Crippen LogP contribution in [0.4, 0.5) is 5.69 Å². The quantitative estimate of drug-likeness (QED) is 0.861. The van der Waals surface area contributed by atoms with Gasteiger partial charge in [0.25, 0.3) is 0 Å². The van der Waals surface area contributed by atoms with Crippen LogP contribution in [0.25, 0.3) is 0 Å². The molecule has 0 atom stereocenters. The van der Waals surface area contributed by atoms with Crippen LogP contribution in [0.2, 0.25) is 0 Å². The first kappa shape index (κ1) is 15.3. The maximum Gasteiger partial charge on any atom is 0.246 e. The predicted molar refractivity (Wildman–Crippen MR) is 81.2 cm³/mol. The molecule has 8 heteroatoms. The number of ether oxygens (including phenoxy) is 2. The van der Waals surface area contributed by atoms with Gasteiger partial charge in [0.05, 0.1) is 12.3 Å². The summed E-state index contributed by atoms with van der Waals surface area (Å²) in [7, 11) is 0. The van der Waals surface area contributed by atoms with E-state index in [9.17, 15) is 9.90 Å². The van der Waals surface area contributed by atoms with Gasteiger partial charge < -0.3 is 19.9 Å². The minimum atomic E-state index is -0.236. The molecule has 2 aromatic rings. The summed E-state index contributed by atoms with van der Waals surface area (Å²) in [6.45, 7) is 3.94. The Hall–Kier alpha value is -2.61. The lowest BCUT2D eigenvalue weighted by atomic mass is 10.1. The Balaban J connectivity index is 1.71. The number of rotatable bonds is 5. The molecule has 0 saturated carbocycles. The highest BCUT2D eigenvalue weighted by atomic mass is 16.7. The van der Waals surface area contributed by atoms with Crippen molar-refractivity contribution in [1.29, 1.82) is 0 Å². The number of aromatic nitrogens is 3. The molecule has 0 saturated heterocycles. The van der Waals surface area contributed by atoms with Gasteiger partial charge >= 0.3 is 0 Å². The highest BCUT2D eigenvalue weighted by Crippen LogP contribution is 2.34. The Kier molecular flexibility index (Phi) is 4.16. The van der Waals surface area contributed by atoms with Gasteiger partial charge in [-0.3, -0.25) is 4.79 Å². The van der Waals surface area contributed by atoms with E-state index in [0.717, 1.165) is 5.69 Å². The number of nitrogens with zero attached hydrogens (tertiary/aromatic N) is 3. The lowest BCUT2D eigenvalue weighted by Crippen LogP contribution is -2.21. The van der Waals surface area contributed by atoms with Crippen LogP contribution in [-0.2, 0) is 17.9 Å². The molecule has 0 fully saturated rings. The van der Waals surface area contributed by atoms with Gasteiger partial charge in [-0.05, 0) is 18.1 Å². The van der Waals surface area contributed by atoms with E-state index in [1.165, 1.54) is 4.68 Å². The van der Waals surface area contributed by atoms with Crippen LogP contribution in [0, 0.1) is 0 Å². The number of amides is 1. The number of fused-ring (bicyclic) bond motifs is 1. The average Bonchev–Trinajstić information content (AvgIpc) is 3.12. The van der Waals surface area contributed by atoms with E-state index in [4.69, 9.17) is 9.47 Å². The second kappa shape index (κ2) is 6.25. The van der Waals surface area contributed by atoms with Crippen molar-refractivity contribution in [3.8, 4) is 11.5 Å². The van der Waals surface area contributed by atoms with Crippen LogP contribution in [-0.4, -0.2) is 32.8 Å². The summed E-state index contributed by atoms with van der Waals surface area (Å²) >= 11 is 0. The summed E-state index contributed by atoms with van der Waals surface area (Å²) in [4.78, 5) is 12.2. The fourth-order valence-corrected chi connectivity index (χ4v) is 2.53. The molecule has 122 valence electrons. The highest BCUT2D eigenvalue weighted by molar-refractivity contribution is 5.91. The van der Waals surface area contributed by atoms with Crippen LogP contribution in [0.3, 0.4) is 0 Å². The van der Waals surface area contributed by atoms with E-state index in [0.29, 0.717) is 22.9 Å². The zero-order chi connectivity index (χ0) is 16.4. The normalized spacial score (nSPS) is 12.7. The first-order valence-corrected chi connectivity index (χ1v) is 7.31. The van der Waals surface area contributed by atoms with Crippen molar-refractivity contribution in [1.82, 2.24) is 15.0 Å². The molecule has 2 N–H and O–H groups in total. The van der Waals surface area contributed by atoms with E-state index >= 15 is 0 Å². The van der Waals surface area contributed by atoms with Crippen molar-refractivity contribution in [3.63, 3.8) is 0 Å². The highest BCUT2D eigenvalue weighted by Gasteiger charge is 2.18. The fraction of sp³-hybridized carbons (Fsp3) is 0.400. The van der Waals surface area contributed by atoms with Crippen molar-refractivity contribution in [2.24, 2.45) is 0 Å². The Labute approximate surface area is 133 Å². The minimum Gasteiger partial charge on any atom is -0.454 e. The monoisotopic (exact) mass is 318 g/mol. The maximum atomic E-state index is 12.2. The minimum absolute atomic E-state index is 0.0228. The zero-order valence-corrected chi connectivity index (χ0v) is 12.9. The third kappa shape index (κ3) is 3.11. The van der Waals surface area contributed by atoms with Gasteiger partial charge in [0, 0.05) is 11.8 Å². The Morgan fingerprint density at radius 3 is 2.91 bits per heavy atom. The van der Waals surface area contributed by atoms with E-state index in [1.54, 1.807) is 18.2 Å². The molecule has 1 aromatic carbocycles. The molecule has 1 aromatic heterocycles. The lowest BCUT2D eigenvalue weighted by molar-refractivity contribution is -0.117. The molecule has 0 unspecified atom stereocenters. The SMILES string of the molecule is CC(C)c1c(CO)nnn1CC(=O)Nc1ccc2c(c1)OCO2. The van der Waals surface area contributed by atoms with Crippen LogP contribution in [0.1, 0.15) is 31.2 Å². The number of anilines is 1. The Morgan fingerprint density at radius 1 is 1.39 bits per heavy atom. The molecule has 0 bridgehead atoms. The first-order chi connectivity index (χ1) is 11.1. The van der Waals surface area contributed by atoms with Gasteiger partial charge in [-0.2, -0.15) is 0 Å². The van der Waals surface area contributed by atoms with Gasteiger partial charge in [0.15, 0.2) is 11.5 Å². The summed E-state index contributed by atoms with van der Waals surface area (Å²) in [6, 6.07) is 5.20. The van der Waals surface area contributed by atoms with Crippen molar-refractivity contribution in [2.75, 3.05) is 12.1 Å². The molecule has 1 aliphatic heterocycles. The topological polar surface area (TPSA) is 98.5 Å². The molecular weight excluding hydrogens is 300 g/mol. The smallest absolute Gasteiger partial charge is 0.246 e. The largest absolute Gasteiger partial charge is 0.454 e. The number of carbonyl (C=O) groups excluding carboxylic acids is 1. The number of benzene rings is 1. The van der Waals surface area contributed by atoms with Gasteiger partial charge in [-0.15, -0.1) is 5.10 Å². The molecule has 1 amide bonds. The average molecular weight is 318 g/mol. The van der Waals surface area contributed by atoms with Crippen LogP contribution in [0.15, 0.2) is 18.2 Å². The van der Waals surface area contributed by atoms with Gasteiger partial charge in [0.2, 0.25) is 12.7 Å². The third-order valence-corrected chi connectivity index (χ3v) is 3.49. The number of hydrogen-bond donors (Lipinski definition) is 2. The summed E-state index contributed by atoms with van der Waals surface area (Å²) in [5.41, 5.74) is 1.87. The number of nitrogens with one attached hydrogen (secondary N) is 1. The molecule has 3 rings (SSSR count). The van der Waals surface area contributed by atoms with Crippen LogP contribution >= 0.6 is 0 Å². The molecule has 2 heterocycles. The van der Waals surface area contributed by atoms with Crippen molar-refractivity contribution in [3.05, 3.63) is 29.6 Å². The van der Waals surface area contributed by atoms with Crippen molar-refractivity contribution >= 4 is 11.6 Å². The molecule has 0 spiro atoms. The predicted octanol–water partition coefficient (Wildman–Crippen LogP) is 1.26. The van der Waals surface area contributed by atoms with E-state index in [1.807, 2.05) is 13.8 Å². The molecule has 0 radical (unpaired) electrons. The number of hydrogen-bond acceptors (Lipinski definition) is 6.